The first-order valence-electron chi connectivity index (χ1n) is 9.14. The fourth-order valence-electron chi connectivity index (χ4n) is 3.91. The van der Waals surface area contributed by atoms with E-state index in [0.717, 1.165) is 19.1 Å². The van der Waals surface area contributed by atoms with Crippen LogP contribution in [0, 0.1) is 0 Å². The number of benzene rings is 1. The first-order chi connectivity index (χ1) is 11.5. The molecule has 1 aromatic heterocycles. The Labute approximate surface area is 146 Å². The second kappa shape index (κ2) is 7.26. The van der Waals surface area contributed by atoms with E-state index in [9.17, 15) is 0 Å². The predicted octanol–water partition coefficient (Wildman–Crippen LogP) is 3.06. The molecule has 0 bridgehead atoms. The number of H-pyrrole nitrogens is 1. The van der Waals surface area contributed by atoms with E-state index in [0.29, 0.717) is 0 Å². The topological polar surface area (TPSA) is 34.3 Å². The first kappa shape index (κ1) is 17.5. The number of aromatic nitrogens is 1. The zero-order chi connectivity index (χ0) is 17.2. The molecule has 1 fully saturated rings. The molecule has 2 N–H and O–H groups in total. The molecule has 4 nitrogen and oxygen atoms in total. The van der Waals surface area contributed by atoms with Gasteiger partial charge in [0.2, 0.25) is 0 Å². The van der Waals surface area contributed by atoms with Gasteiger partial charge in [0, 0.05) is 54.9 Å². The van der Waals surface area contributed by atoms with E-state index in [2.05, 4.69) is 72.3 Å². The molecule has 2 heterocycles. The van der Waals surface area contributed by atoms with Crippen LogP contribution in [-0.2, 0) is 6.54 Å². The maximum Gasteiger partial charge on any atom is 0.0457 e. The molecule has 1 saturated heterocycles. The lowest BCUT2D eigenvalue weighted by molar-refractivity contribution is 0.0616. The number of hydrogen-bond acceptors (Lipinski definition) is 3. The highest BCUT2D eigenvalue weighted by atomic mass is 15.2. The number of nitrogens with one attached hydrogen (secondary N) is 2. The summed E-state index contributed by atoms with van der Waals surface area (Å²) >= 11 is 0. The minimum Gasteiger partial charge on any atom is -0.361 e. The molecule has 0 unspecified atom stereocenters. The van der Waals surface area contributed by atoms with Crippen LogP contribution in [0.4, 0.5) is 0 Å². The van der Waals surface area contributed by atoms with Crippen LogP contribution in [0.2, 0.25) is 0 Å². The number of piperidine rings is 1. The van der Waals surface area contributed by atoms with Gasteiger partial charge >= 0.3 is 0 Å². The van der Waals surface area contributed by atoms with E-state index >= 15 is 0 Å². The predicted molar refractivity (Wildman–Crippen MR) is 102 cm³/mol. The highest BCUT2D eigenvalue weighted by molar-refractivity contribution is 5.82. The van der Waals surface area contributed by atoms with E-state index in [1.54, 1.807) is 0 Å². The van der Waals surface area contributed by atoms with Crippen LogP contribution in [-0.4, -0.2) is 60.1 Å². The number of rotatable bonds is 6. The molecule has 2 aromatic rings. The Morgan fingerprint density at radius 1 is 1.21 bits per heavy atom. The molecule has 0 aliphatic carbocycles. The summed E-state index contributed by atoms with van der Waals surface area (Å²) in [4.78, 5) is 8.32. The quantitative estimate of drug-likeness (QED) is 0.855. The molecule has 1 aromatic carbocycles. The highest BCUT2D eigenvalue weighted by Crippen LogP contribution is 2.23. The Hall–Kier alpha value is -1.36. The van der Waals surface area contributed by atoms with E-state index in [4.69, 9.17) is 0 Å². The molecular weight excluding hydrogens is 296 g/mol. The molecule has 24 heavy (non-hydrogen) atoms. The number of nitrogens with zero attached hydrogens (tertiary/aromatic N) is 2. The van der Waals surface area contributed by atoms with Crippen LogP contribution in [0.15, 0.2) is 30.5 Å². The fourth-order valence-corrected chi connectivity index (χ4v) is 3.91. The second-order valence-corrected chi connectivity index (χ2v) is 7.95. The van der Waals surface area contributed by atoms with Crippen LogP contribution < -0.4 is 5.32 Å². The lowest BCUT2D eigenvalue weighted by atomic mass is 9.95. The Bertz CT molecular complexity index is 650. The van der Waals surface area contributed by atoms with Gasteiger partial charge in [0.05, 0.1) is 0 Å². The summed E-state index contributed by atoms with van der Waals surface area (Å²) in [6.45, 7) is 9.07. The van der Waals surface area contributed by atoms with Crippen molar-refractivity contribution in [1.29, 1.82) is 0 Å². The molecule has 0 atom stereocenters. The monoisotopic (exact) mass is 328 g/mol. The van der Waals surface area contributed by atoms with E-state index in [-0.39, 0.29) is 5.54 Å². The molecule has 0 amide bonds. The summed E-state index contributed by atoms with van der Waals surface area (Å²) < 4.78 is 0. The lowest BCUT2D eigenvalue weighted by Gasteiger charge is -2.44. The Kier molecular flexibility index (Phi) is 5.28. The molecule has 1 aliphatic heterocycles. The number of likely N-dealkylation sites (tertiary alicyclic amines) is 1. The SMILES string of the molecule is CN(C)C1CCN(C(C)(C)CNCc2cccc3[nH]ccc23)CC1. The van der Waals surface area contributed by atoms with Crippen molar-refractivity contribution in [3.63, 3.8) is 0 Å². The zero-order valence-electron chi connectivity index (χ0n) is 15.6. The van der Waals surface area contributed by atoms with Gasteiger partial charge in [-0.2, -0.15) is 0 Å². The third-order valence-corrected chi connectivity index (χ3v) is 5.61. The van der Waals surface area contributed by atoms with Gasteiger partial charge in [0.1, 0.15) is 0 Å². The zero-order valence-corrected chi connectivity index (χ0v) is 15.6. The average Bonchev–Trinajstić information content (AvgIpc) is 3.04. The van der Waals surface area contributed by atoms with Crippen molar-refractivity contribution in [1.82, 2.24) is 20.1 Å². The highest BCUT2D eigenvalue weighted by Gasteiger charge is 2.30. The second-order valence-electron chi connectivity index (χ2n) is 7.95. The van der Waals surface area contributed by atoms with Crippen molar-refractivity contribution in [3.8, 4) is 0 Å². The van der Waals surface area contributed by atoms with E-state index in [1.165, 1.54) is 42.4 Å². The Morgan fingerprint density at radius 2 is 1.96 bits per heavy atom. The van der Waals surface area contributed by atoms with E-state index in [1.807, 2.05) is 6.20 Å². The summed E-state index contributed by atoms with van der Waals surface area (Å²) in [5, 5.41) is 5.02. The minimum absolute atomic E-state index is 0.198. The van der Waals surface area contributed by atoms with Crippen molar-refractivity contribution < 1.29 is 0 Å². The molecule has 1 aliphatic rings. The van der Waals surface area contributed by atoms with E-state index < -0.39 is 0 Å². The van der Waals surface area contributed by atoms with Crippen LogP contribution >= 0.6 is 0 Å². The van der Waals surface area contributed by atoms with Crippen LogP contribution in [0.5, 0.6) is 0 Å². The molecule has 132 valence electrons. The van der Waals surface area contributed by atoms with Gasteiger partial charge in [0.25, 0.3) is 0 Å². The van der Waals surface area contributed by atoms with Gasteiger partial charge in [-0.1, -0.05) is 12.1 Å². The van der Waals surface area contributed by atoms with Crippen molar-refractivity contribution in [3.05, 3.63) is 36.0 Å². The summed E-state index contributed by atoms with van der Waals surface area (Å²) in [5.74, 6) is 0. The van der Waals surface area contributed by atoms with Crippen LogP contribution in [0.1, 0.15) is 32.3 Å². The fraction of sp³-hybridized carbons (Fsp3) is 0.600. The summed E-state index contributed by atoms with van der Waals surface area (Å²) in [6.07, 6.45) is 4.57. The normalized spacial score (nSPS) is 17.9. The maximum absolute atomic E-state index is 3.69. The lowest BCUT2D eigenvalue weighted by Crippen LogP contribution is -2.55. The first-order valence-corrected chi connectivity index (χ1v) is 9.14. The Balaban J connectivity index is 1.53. The standard InChI is InChI=1S/C20H32N4/c1-20(2,24-12-9-17(10-13-24)23(3)4)15-21-14-16-6-5-7-19-18(16)8-11-22-19/h5-8,11,17,21-22H,9-10,12-15H2,1-4H3. The van der Waals surface area contributed by atoms with Gasteiger partial charge in [-0.3, -0.25) is 4.90 Å². The number of fused-ring (bicyclic) bond motifs is 1. The van der Waals surface area contributed by atoms with Crippen LogP contribution in [0.3, 0.4) is 0 Å². The Morgan fingerprint density at radius 3 is 2.67 bits per heavy atom. The van der Waals surface area contributed by atoms with Gasteiger partial charge < -0.3 is 15.2 Å². The van der Waals surface area contributed by atoms with Crippen molar-refractivity contribution in [2.45, 2.75) is 44.8 Å². The largest absolute Gasteiger partial charge is 0.361 e. The van der Waals surface area contributed by atoms with Gasteiger partial charge in [-0.15, -0.1) is 0 Å². The third-order valence-electron chi connectivity index (χ3n) is 5.61. The number of hydrogen-bond donors (Lipinski definition) is 2. The van der Waals surface area contributed by atoms with Gasteiger partial charge in [0.15, 0.2) is 0 Å². The number of aromatic amines is 1. The molecule has 0 radical (unpaired) electrons. The molecule has 0 saturated carbocycles. The van der Waals surface area contributed by atoms with Crippen molar-refractivity contribution in [2.24, 2.45) is 0 Å². The summed E-state index contributed by atoms with van der Waals surface area (Å²) in [5.41, 5.74) is 2.79. The van der Waals surface area contributed by atoms with Crippen LogP contribution in [0.25, 0.3) is 10.9 Å². The smallest absolute Gasteiger partial charge is 0.0457 e. The minimum atomic E-state index is 0.198. The molecule has 0 spiro atoms. The molecular formula is C20H32N4. The third kappa shape index (κ3) is 3.82. The summed E-state index contributed by atoms with van der Waals surface area (Å²) in [6, 6.07) is 9.41. The van der Waals surface area contributed by atoms with Crippen molar-refractivity contribution in [2.75, 3.05) is 33.7 Å². The molecule has 4 heteroatoms. The van der Waals surface area contributed by atoms with Crippen molar-refractivity contribution >= 4 is 10.9 Å². The maximum atomic E-state index is 3.69. The van der Waals surface area contributed by atoms with Gasteiger partial charge in [-0.05, 0) is 58.5 Å². The molecule has 3 rings (SSSR count). The van der Waals surface area contributed by atoms with Gasteiger partial charge in [-0.25, -0.2) is 0 Å². The average molecular weight is 329 g/mol. The summed E-state index contributed by atoms with van der Waals surface area (Å²) in [7, 11) is 4.41.